The van der Waals surface area contributed by atoms with Crippen molar-refractivity contribution in [1.82, 2.24) is 0 Å². The maximum Gasteiger partial charge on any atom is 0.336 e. The van der Waals surface area contributed by atoms with Crippen LogP contribution in [0.1, 0.15) is 15.9 Å². The molecule has 0 amide bonds. The van der Waals surface area contributed by atoms with Crippen molar-refractivity contribution in [3.05, 3.63) is 82.9 Å². The normalized spacial score (nSPS) is 22.5. The molecule has 3 aliphatic rings. The first-order valence-electron chi connectivity index (χ1n) is 8.50. The van der Waals surface area contributed by atoms with E-state index in [2.05, 4.69) is 5.32 Å². The summed E-state index contributed by atoms with van der Waals surface area (Å²) < 4.78 is 5.91. The van der Waals surface area contributed by atoms with E-state index in [1.807, 2.05) is 0 Å². The summed E-state index contributed by atoms with van der Waals surface area (Å²) in [6.45, 7) is 0. The number of aliphatic hydroxyl groups is 1. The number of hydrogen-bond acceptors (Lipinski definition) is 5. The fourth-order valence-electron chi connectivity index (χ4n) is 3.59. The van der Waals surface area contributed by atoms with E-state index in [0.717, 1.165) is 5.57 Å². The van der Waals surface area contributed by atoms with E-state index in [-0.39, 0.29) is 23.0 Å². The third-order valence-electron chi connectivity index (χ3n) is 4.77. The molecule has 28 heavy (non-hydrogen) atoms. The van der Waals surface area contributed by atoms with Crippen molar-refractivity contribution in [3.8, 4) is 0 Å². The quantitative estimate of drug-likeness (QED) is 0.673. The zero-order valence-corrected chi connectivity index (χ0v) is 15.3. The van der Waals surface area contributed by atoms with Gasteiger partial charge in [0.05, 0.1) is 11.1 Å². The second-order valence-electron chi connectivity index (χ2n) is 6.46. The Balaban J connectivity index is 1.95. The number of carbonyl (C=O) groups is 2. The van der Waals surface area contributed by atoms with Gasteiger partial charge in [-0.05, 0) is 47.6 Å². The Labute approximate surface area is 165 Å². The van der Waals surface area contributed by atoms with Gasteiger partial charge in [-0.25, -0.2) is 4.79 Å². The van der Waals surface area contributed by atoms with Crippen LogP contribution in [0.4, 0.5) is 5.69 Å². The summed E-state index contributed by atoms with van der Waals surface area (Å²) in [4.78, 5) is 23.8. The van der Waals surface area contributed by atoms with Crippen LogP contribution in [0, 0.1) is 5.92 Å². The summed E-state index contributed by atoms with van der Waals surface area (Å²) in [5.41, 5.74) is 3.85. The zero-order valence-electron chi connectivity index (χ0n) is 14.5. The summed E-state index contributed by atoms with van der Waals surface area (Å²) in [6.07, 6.45) is 8.77. The van der Waals surface area contributed by atoms with Gasteiger partial charge in [0.25, 0.3) is 0 Å². The molecule has 1 aromatic carbocycles. The van der Waals surface area contributed by atoms with Crippen molar-refractivity contribution >= 4 is 40.7 Å². The van der Waals surface area contributed by atoms with Crippen LogP contribution in [0.25, 0.3) is 5.57 Å². The van der Waals surface area contributed by atoms with Gasteiger partial charge in [-0.2, -0.15) is 0 Å². The first kappa shape index (κ1) is 17.9. The molecule has 2 unspecified atom stereocenters. The van der Waals surface area contributed by atoms with E-state index < -0.39 is 12.1 Å². The van der Waals surface area contributed by atoms with Crippen LogP contribution in [-0.2, 0) is 9.53 Å². The van der Waals surface area contributed by atoms with Crippen molar-refractivity contribution in [3.63, 3.8) is 0 Å². The molecule has 0 saturated heterocycles. The molecule has 2 aliphatic carbocycles. The van der Waals surface area contributed by atoms with Crippen LogP contribution in [0.3, 0.4) is 0 Å². The van der Waals surface area contributed by atoms with Gasteiger partial charge in [0, 0.05) is 23.3 Å². The maximum atomic E-state index is 12.0. The number of carbonyl (C=O) groups excluding carboxylic acids is 1. The number of rotatable bonds is 4. The lowest BCUT2D eigenvalue weighted by Crippen LogP contribution is -2.31. The summed E-state index contributed by atoms with van der Waals surface area (Å²) >= 11 is 4.78. The van der Waals surface area contributed by atoms with E-state index in [1.165, 1.54) is 23.7 Å². The van der Waals surface area contributed by atoms with Gasteiger partial charge in [0.1, 0.15) is 17.6 Å². The molecule has 7 heteroatoms. The lowest BCUT2D eigenvalue weighted by molar-refractivity contribution is -0.110. The van der Waals surface area contributed by atoms with Gasteiger partial charge >= 0.3 is 5.97 Å². The Kier molecular flexibility index (Phi) is 4.44. The van der Waals surface area contributed by atoms with Crippen molar-refractivity contribution < 1.29 is 24.5 Å². The highest BCUT2D eigenvalue weighted by molar-refractivity contribution is 7.79. The molecule has 6 nitrogen and oxygen atoms in total. The Bertz CT molecular complexity index is 1060. The predicted octanol–water partition coefficient (Wildman–Crippen LogP) is 3.56. The molecule has 0 fully saturated rings. The van der Waals surface area contributed by atoms with Gasteiger partial charge in [-0.15, -0.1) is 0 Å². The molecule has 0 saturated carbocycles. The molecule has 4 rings (SSSR count). The molecule has 0 radical (unpaired) electrons. The number of thiocarbonyl (C=S) groups is 1. The Hall–Kier alpha value is -3.45. The van der Waals surface area contributed by atoms with E-state index in [0.29, 0.717) is 22.6 Å². The molecule has 3 N–H and O–H groups in total. The number of carboxylic acids is 1. The fourth-order valence-corrected chi connectivity index (χ4v) is 3.73. The number of carboxylic acid groups (broad SMARTS) is 1. The number of hydrogen-bond donors (Lipinski definition) is 3. The number of anilines is 1. The second kappa shape index (κ2) is 6.94. The highest BCUT2D eigenvalue weighted by Gasteiger charge is 2.37. The van der Waals surface area contributed by atoms with Gasteiger partial charge in [-0.3, -0.25) is 4.79 Å². The summed E-state index contributed by atoms with van der Waals surface area (Å²) in [7, 11) is 0. The van der Waals surface area contributed by atoms with E-state index in [4.69, 9.17) is 17.0 Å². The molecule has 0 bridgehead atoms. The number of aliphatic hydroxyl groups excluding tert-OH is 1. The fraction of sp³-hybridized carbons (Fsp3) is 0.0952. The zero-order chi connectivity index (χ0) is 19.8. The van der Waals surface area contributed by atoms with Crippen molar-refractivity contribution in [2.24, 2.45) is 5.92 Å². The van der Waals surface area contributed by atoms with Crippen molar-refractivity contribution in [1.29, 1.82) is 0 Å². The minimum absolute atomic E-state index is 0.0568. The minimum atomic E-state index is -1.08. The maximum absolute atomic E-state index is 12.0. The monoisotopic (exact) mass is 393 g/mol. The van der Waals surface area contributed by atoms with Crippen LogP contribution >= 0.6 is 12.2 Å². The number of allylic oxidation sites excluding steroid dienone is 4. The third kappa shape index (κ3) is 3.05. The average Bonchev–Trinajstić information content (AvgIpc) is 2.66. The molecule has 0 aromatic heterocycles. The van der Waals surface area contributed by atoms with Crippen molar-refractivity contribution in [2.75, 3.05) is 5.32 Å². The lowest BCUT2D eigenvalue weighted by atomic mass is 9.77. The Morgan fingerprint density at radius 3 is 2.82 bits per heavy atom. The van der Waals surface area contributed by atoms with E-state index >= 15 is 0 Å². The molecular weight excluding hydrogens is 378 g/mol. The van der Waals surface area contributed by atoms with Crippen molar-refractivity contribution in [2.45, 2.75) is 6.10 Å². The average molecular weight is 393 g/mol. The number of ketones is 1. The number of nitrogens with one attached hydrogen (secondary N) is 1. The van der Waals surface area contributed by atoms with Crippen LogP contribution in [0.5, 0.6) is 0 Å². The molecule has 0 spiro atoms. The molecule has 1 heterocycles. The van der Waals surface area contributed by atoms with Gasteiger partial charge < -0.3 is 20.3 Å². The van der Waals surface area contributed by atoms with Gasteiger partial charge in [0.2, 0.25) is 0 Å². The highest BCUT2D eigenvalue weighted by atomic mass is 32.1. The number of aromatic carboxylic acids is 1. The van der Waals surface area contributed by atoms with Crippen LogP contribution < -0.4 is 5.32 Å². The smallest absolute Gasteiger partial charge is 0.336 e. The highest BCUT2D eigenvalue weighted by Crippen LogP contribution is 2.44. The topological polar surface area (TPSA) is 95.9 Å². The van der Waals surface area contributed by atoms with E-state index in [1.54, 1.807) is 36.4 Å². The van der Waals surface area contributed by atoms with E-state index in [9.17, 15) is 19.8 Å². The first-order valence-corrected chi connectivity index (χ1v) is 8.97. The predicted molar refractivity (Wildman–Crippen MR) is 108 cm³/mol. The van der Waals surface area contributed by atoms with Crippen LogP contribution in [0.15, 0.2) is 71.7 Å². The molecule has 1 aliphatic heterocycles. The molecule has 1 aromatic rings. The largest absolute Gasteiger partial charge is 0.508 e. The van der Waals surface area contributed by atoms with Crippen LogP contribution in [-0.4, -0.2) is 33.6 Å². The number of benzene rings is 1. The van der Waals surface area contributed by atoms with Gasteiger partial charge in [0.15, 0.2) is 5.78 Å². The minimum Gasteiger partial charge on any atom is -0.508 e. The van der Waals surface area contributed by atoms with Gasteiger partial charge in [-0.1, -0.05) is 24.4 Å². The summed E-state index contributed by atoms with van der Waals surface area (Å²) in [6, 6.07) is 4.96. The first-order chi connectivity index (χ1) is 13.5. The lowest BCUT2D eigenvalue weighted by Gasteiger charge is -2.36. The SMILES string of the molecule is O=C1C=CC2=C(c3ccc(NC=S)cc3C(=O)O)C3C=CC(O)=CC3OC2=C1. The number of ether oxygens (including phenoxy) is 1. The summed E-state index contributed by atoms with van der Waals surface area (Å²) in [5.74, 6) is -1.20. The molecular formula is C21H15NO5S. The number of fused-ring (bicyclic) bond motifs is 2. The molecule has 140 valence electrons. The van der Waals surface area contributed by atoms with Crippen LogP contribution in [0.2, 0.25) is 0 Å². The summed E-state index contributed by atoms with van der Waals surface area (Å²) in [5, 5.41) is 22.5. The Morgan fingerprint density at radius 1 is 1.25 bits per heavy atom. The second-order valence-corrected chi connectivity index (χ2v) is 6.69. The third-order valence-corrected chi connectivity index (χ3v) is 4.89. The Morgan fingerprint density at radius 2 is 2.07 bits per heavy atom. The molecule has 2 atom stereocenters. The standard InChI is InChI=1S/C21H15NO5S/c23-12-2-5-15-18(8-12)27-19-9-13(24)3-6-16(19)20(15)14-4-1-11(22-10-28)7-17(14)21(25)26/h1-10,15,18,23H,(H,22,28)(H,25,26).